The van der Waals surface area contributed by atoms with Crippen LogP contribution < -0.4 is 0 Å². The van der Waals surface area contributed by atoms with Gasteiger partial charge < -0.3 is 9.30 Å². The number of sulfone groups is 1. The molecule has 106 valence electrons. The van der Waals surface area contributed by atoms with E-state index >= 15 is 0 Å². The largest absolute Gasteiger partial charge is 0.443 e. The van der Waals surface area contributed by atoms with E-state index in [1.807, 2.05) is 6.92 Å². The molecule has 0 saturated heterocycles. The average Bonchev–Trinajstić information content (AvgIpc) is 2.89. The lowest BCUT2D eigenvalue weighted by molar-refractivity contribution is -0.144. The third-order valence-electron chi connectivity index (χ3n) is 2.62. The van der Waals surface area contributed by atoms with Gasteiger partial charge in [-0.05, 0) is 19.1 Å². The second-order valence-corrected chi connectivity index (χ2v) is 6.28. The van der Waals surface area contributed by atoms with Crippen LogP contribution in [0.4, 0.5) is 0 Å². The average molecular weight is 294 g/mol. The first-order valence-corrected chi connectivity index (χ1v) is 7.53. The highest BCUT2D eigenvalue weighted by Gasteiger charge is 2.20. The highest BCUT2D eigenvalue weighted by molar-refractivity contribution is 7.92. The summed E-state index contributed by atoms with van der Waals surface area (Å²) in [5.41, 5.74) is 0.951. The number of aromatic nitrogens is 2. The molecule has 0 fully saturated rings. The summed E-state index contributed by atoms with van der Waals surface area (Å²) >= 11 is 0. The van der Waals surface area contributed by atoms with E-state index in [1.54, 1.807) is 18.3 Å². The third kappa shape index (κ3) is 3.67. The molecule has 0 atom stereocenters. The van der Waals surface area contributed by atoms with Gasteiger partial charge >= 0.3 is 5.97 Å². The number of nitrogens with zero attached hydrogens (tertiary/aromatic N) is 2. The Morgan fingerprint density at radius 2 is 2.00 bits per heavy atom. The number of rotatable bonds is 5. The van der Waals surface area contributed by atoms with E-state index < -0.39 is 21.6 Å². The molecule has 0 bridgehead atoms. The van der Waals surface area contributed by atoms with Gasteiger partial charge in [0.15, 0.2) is 22.3 Å². The number of imidazole rings is 1. The van der Waals surface area contributed by atoms with Gasteiger partial charge in [-0.1, -0.05) is 17.7 Å². The van der Waals surface area contributed by atoms with Crippen LogP contribution in [-0.4, -0.2) is 29.7 Å². The second kappa shape index (κ2) is 5.87. The number of carbonyl (C=O) groups excluding carboxylic acids is 1. The van der Waals surface area contributed by atoms with Gasteiger partial charge in [0.1, 0.15) is 0 Å². The normalized spacial score (nSPS) is 11.2. The maximum atomic E-state index is 12.0. The SMILES string of the molecule is Cc1ccc(S(=O)(=O)CC(=O)OCn2ccnc2)cc1. The van der Waals surface area contributed by atoms with Crippen molar-refractivity contribution < 1.29 is 17.9 Å². The van der Waals surface area contributed by atoms with Crippen molar-refractivity contribution in [2.24, 2.45) is 0 Å². The van der Waals surface area contributed by atoms with Crippen LogP contribution in [0.15, 0.2) is 47.9 Å². The van der Waals surface area contributed by atoms with Crippen LogP contribution in [0.1, 0.15) is 5.56 Å². The van der Waals surface area contributed by atoms with Crippen LogP contribution in [0.2, 0.25) is 0 Å². The molecule has 20 heavy (non-hydrogen) atoms. The Morgan fingerprint density at radius 3 is 2.60 bits per heavy atom. The molecule has 2 aromatic rings. The summed E-state index contributed by atoms with van der Waals surface area (Å²) in [6.45, 7) is 1.80. The van der Waals surface area contributed by atoms with Crippen LogP contribution in [0.25, 0.3) is 0 Å². The third-order valence-corrected chi connectivity index (χ3v) is 4.23. The van der Waals surface area contributed by atoms with Gasteiger partial charge in [0.25, 0.3) is 0 Å². The number of hydrogen-bond acceptors (Lipinski definition) is 5. The molecule has 2 rings (SSSR count). The lowest BCUT2D eigenvalue weighted by atomic mass is 10.2. The molecular formula is C13H14N2O4S. The summed E-state index contributed by atoms with van der Waals surface area (Å²) in [5.74, 6) is -1.47. The zero-order chi connectivity index (χ0) is 14.6. The van der Waals surface area contributed by atoms with E-state index in [4.69, 9.17) is 4.74 Å². The molecule has 0 unspecified atom stereocenters. The number of benzene rings is 1. The summed E-state index contributed by atoms with van der Waals surface area (Å²) in [6, 6.07) is 6.33. The Balaban J connectivity index is 1.97. The Bertz CT molecular complexity index is 676. The van der Waals surface area contributed by atoms with Crippen molar-refractivity contribution in [3.8, 4) is 0 Å². The molecule has 1 aromatic carbocycles. The minimum Gasteiger partial charge on any atom is -0.443 e. The van der Waals surface area contributed by atoms with E-state index in [0.717, 1.165) is 5.56 Å². The number of hydrogen-bond donors (Lipinski definition) is 0. The van der Waals surface area contributed by atoms with Crippen molar-refractivity contribution >= 4 is 15.8 Å². The molecule has 1 heterocycles. The molecule has 0 aliphatic heterocycles. The molecule has 0 aliphatic carbocycles. The summed E-state index contributed by atoms with van der Waals surface area (Å²) in [7, 11) is -3.67. The summed E-state index contributed by atoms with van der Waals surface area (Å²) in [4.78, 5) is 15.5. The van der Waals surface area contributed by atoms with E-state index in [2.05, 4.69) is 4.98 Å². The smallest absolute Gasteiger partial charge is 0.323 e. The van der Waals surface area contributed by atoms with E-state index in [-0.39, 0.29) is 11.6 Å². The van der Waals surface area contributed by atoms with Gasteiger partial charge in [0, 0.05) is 12.4 Å². The van der Waals surface area contributed by atoms with Crippen molar-refractivity contribution in [3.63, 3.8) is 0 Å². The van der Waals surface area contributed by atoms with Crippen LogP contribution in [0.3, 0.4) is 0 Å². The Labute approximate surface area is 116 Å². The van der Waals surface area contributed by atoms with E-state index in [0.29, 0.717) is 0 Å². The fourth-order valence-corrected chi connectivity index (χ4v) is 2.65. The van der Waals surface area contributed by atoms with Crippen LogP contribution in [-0.2, 0) is 26.1 Å². The van der Waals surface area contributed by atoms with Crippen molar-refractivity contribution in [1.82, 2.24) is 9.55 Å². The number of carbonyl (C=O) groups is 1. The molecule has 0 saturated carbocycles. The lowest BCUT2D eigenvalue weighted by Crippen LogP contribution is -2.19. The molecule has 0 radical (unpaired) electrons. The molecular weight excluding hydrogens is 280 g/mol. The molecule has 7 heteroatoms. The van der Waals surface area contributed by atoms with E-state index in [1.165, 1.54) is 29.2 Å². The van der Waals surface area contributed by atoms with Crippen molar-refractivity contribution in [3.05, 3.63) is 48.5 Å². The quantitative estimate of drug-likeness (QED) is 0.773. The van der Waals surface area contributed by atoms with Gasteiger partial charge in [-0.3, -0.25) is 4.79 Å². The van der Waals surface area contributed by atoms with Crippen molar-refractivity contribution in [2.75, 3.05) is 5.75 Å². The summed E-state index contributed by atoms with van der Waals surface area (Å²) < 4.78 is 30.4. The first-order valence-electron chi connectivity index (χ1n) is 5.88. The van der Waals surface area contributed by atoms with Gasteiger partial charge in [0.2, 0.25) is 0 Å². The molecule has 0 aliphatic rings. The summed E-state index contributed by atoms with van der Waals surface area (Å²) in [6.07, 6.45) is 4.63. The summed E-state index contributed by atoms with van der Waals surface area (Å²) in [5, 5.41) is 0. The number of aryl methyl sites for hydroxylation is 1. The highest BCUT2D eigenvalue weighted by Crippen LogP contribution is 2.12. The standard InChI is InChI=1S/C13H14N2O4S/c1-11-2-4-12(5-3-11)20(17,18)8-13(16)19-10-15-7-6-14-9-15/h2-7,9H,8,10H2,1H3. The number of ether oxygens (including phenoxy) is 1. The maximum Gasteiger partial charge on any atom is 0.323 e. The Hall–Kier alpha value is -2.15. The molecule has 0 amide bonds. The second-order valence-electron chi connectivity index (χ2n) is 4.29. The van der Waals surface area contributed by atoms with Crippen molar-refractivity contribution in [1.29, 1.82) is 0 Å². The van der Waals surface area contributed by atoms with E-state index in [9.17, 15) is 13.2 Å². The molecule has 1 aromatic heterocycles. The molecule has 0 N–H and O–H groups in total. The fraction of sp³-hybridized carbons (Fsp3) is 0.231. The Kier molecular flexibility index (Phi) is 4.19. The zero-order valence-electron chi connectivity index (χ0n) is 10.9. The van der Waals surface area contributed by atoms with Crippen LogP contribution in [0.5, 0.6) is 0 Å². The van der Waals surface area contributed by atoms with Gasteiger partial charge in [-0.15, -0.1) is 0 Å². The predicted molar refractivity (Wildman–Crippen MR) is 71.6 cm³/mol. The van der Waals surface area contributed by atoms with Gasteiger partial charge in [-0.2, -0.15) is 0 Å². The molecule has 0 spiro atoms. The fourth-order valence-electron chi connectivity index (χ4n) is 1.54. The van der Waals surface area contributed by atoms with Crippen LogP contribution in [0, 0.1) is 6.92 Å². The zero-order valence-corrected chi connectivity index (χ0v) is 11.7. The monoisotopic (exact) mass is 294 g/mol. The minimum absolute atomic E-state index is 0.0533. The van der Waals surface area contributed by atoms with Crippen LogP contribution >= 0.6 is 0 Å². The maximum absolute atomic E-state index is 12.0. The highest BCUT2D eigenvalue weighted by atomic mass is 32.2. The lowest BCUT2D eigenvalue weighted by Gasteiger charge is -2.06. The van der Waals surface area contributed by atoms with Gasteiger partial charge in [0.05, 0.1) is 11.2 Å². The first-order chi connectivity index (χ1) is 9.47. The minimum atomic E-state index is -3.67. The number of esters is 1. The first kappa shape index (κ1) is 14.3. The van der Waals surface area contributed by atoms with Crippen molar-refractivity contribution in [2.45, 2.75) is 18.6 Å². The predicted octanol–water partition coefficient (Wildman–Crippen LogP) is 1.17. The van der Waals surface area contributed by atoms with Gasteiger partial charge in [-0.25, -0.2) is 13.4 Å². The topological polar surface area (TPSA) is 78.3 Å². The molecule has 6 nitrogen and oxygen atoms in total. The Morgan fingerprint density at radius 1 is 1.30 bits per heavy atom.